The minimum absolute atomic E-state index is 0.193. The number of halogens is 1. The van der Waals surface area contributed by atoms with Crippen LogP contribution >= 0.6 is 23.4 Å². The summed E-state index contributed by atoms with van der Waals surface area (Å²) in [6.07, 6.45) is 7.72. The van der Waals surface area contributed by atoms with Crippen LogP contribution in [0.15, 0.2) is 23.1 Å². The monoisotopic (exact) mass is 283 g/mol. The molecule has 1 nitrogen and oxygen atoms in total. The lowest BCUT2D eigenvalue weighted by molar-refractivity contribution is 0.516. The SMILES string of the molecule is CC(N)Cc1ccc(SC2CCCCC2)c(Cl)c1. The summed E-state index contributed by atoms with van der Waals surface area (Å²) in [4.78, 5) is 1.23. The highest BCUT2D eigenvalue weighted by Crippen LogP contribution is 2.37. The van der Waals surface area contributed by atoms with Gasteiger partial charge in [0.1, 0.15) is 0 Å². The molecule has 1 fully saturated rings. The van der Waals surface area contributed by atoms with Crippen LogP contribution in [-0.2, 0) is 6.42 Å². The van der Waals surface area contributed by atoms with Crippen molar-refractivity contribution in [1.82, 2.24) is 0 Å². The van der Waals surface area contributed by atoms with Crippen molar-refractivity contribution in [2.45, 2.75) is 61.6 Å². The fraction of sp³-hybridized carbons (Fsp3) is 0.600. The maximum atomic E-state index is 6.37. The van der Waals surface area contributed by atoms with Crippen LogP contribution in [-0.4, -0.2) is 11.3 Å². The number of rotatable bonds is 4. The van der Waals surface area contributed by atoms with E-state index in [2.05, 4.69) is 18.2 Å². The summed E-state index contributed by atoms with van der Waals surface area (Å²) in [5, 5.41) is 1.65. The van der Waals surface area contributed by atoms with E-state index in [9.17, 15) is 0 Å². The average Bonchev–Trinajstić information content (AvgIpc) is 2.33. The predicted molar refractivity (Wildman–Crippen MR) is 81.5 cm³/mol. The van der Waals surface area contributed by atoms with E-state index in [1.807, 2.05) is 18.7 Å². The molecule has 0 spiro atoms. The molecule has 1 saturated carbocycles. The standard InChI is InChI=1S/C15H22ClNS/c1-11(17)9-12-7-8-15(14(16)10-12)18-13-5-3-2-4-6-13/h7-8,10-11,13H,2-6,9,17H2,1H3. The Bertz CT molecular complexity index is 386. The molecule has 18 heavy (non-hydrogen) atoms. The molecule has 0 heterocycles. The fourth-order valence-corrected chi connectivity index (χ4v) is 4.08. The normalized spacial score (nSPS) is 18.8. The van der Waals surface area contributed by atoms with Crippen molar-refractivity contribution in [3.63, 3.8) is 0 Å². The zero-order chi connectivity index (χ0) is 13.0. The summed E-state index contributed by atoms with van der Waals surface area (Å²) in [5.41, 5.74) is 7.05. The second kappa shape index (κ2) is 6.83. The van der Waals surface area contributed by atoms with E-state index in [0.29, 0.717) is 0 Å². The van der Waals surface area contributed by atoms with Crippen LogP contribution in [0.25, 0.3) is 0 Å². The van der Waals surface area contributed by atoms with Gasteiger partial charge in [0.25, 0.3) is 0 Å². The van der Waals surface area contributed by atoms with Crippen molar-refractivity contribution in [3.05, 3.63) is 28.8 Å². The Balaban J connectivity index is 2.00. The molecule has 0 radical (unpaired) electrons. The van der Waals surface area contributed by atoms with Gasteiger partial charge in [0.2, 0.25) is 0 Å². The average molecular weight is 284 g/mol. The smallest absolute Gasteiger partial charge is 0.0544 e. The van der Waals surface area contributed by atoms with Crippen molar-refractivity contribution in [2.24, 2.45) is 5.73 Å². The summed E-state index contributed by atoms with van der Waals surface area (Å²) in [5.74, 6) is 0. The molecule has 0 saturated heterocycles. The molecule has 0 aromatic heterocycles. The van der Waals surface area contributed by atoms with Gasteiger partial charge in [-0.25, -0.2) is 0 Å². The Kier molecular flexibility index (Phi) is 5.40. The first-order valence-electron chi connectivity index (χ1n) is 6.86. The Morgan fingerprint density at radius 1 is 1.33 bits per heavy atom. The molecule has 0 aliphatic heterocycles. The highest BCUT2D eigenvalue weighted by molar-refractivity contribution is 8.00. The zero-order valence-corrected chi connectivity index (χ0v) is 12.6. The van der Waals surface area contributed by atoms with E-state index in [4.69, 9.17) is 17.3 Å². The van der Waals surface area contributed by atoms with E-state index in [1.54, 1.807) is 0 Å². The van der Waals surface area contributed by atoms with Crippen molar-refractivity contribution in [3.8, 4) is 0 Å². The molecule has 1 unspecified atom stereocenters. The third-order valence-corrected chi connectivity index (χ3v) is 5.24. The molecule has 1 aromatic rings. The Labute approximate surface area is 119 Å². The summed E-state index contributed by atoms with van der Waals surface area (Å²) in [6.45, 7) is 2.03. The zero-order valence-electron chi connectivity index (χ0n) is 11.0. The van der Waals surface area contributed by atoms with Gasteiger partial charge in [-0.05, 0) is 43.9 Å². The number of hydrogen-bond acceptors (Lipinski definition) is 2. The van der Waals surface area contributed by atoms with E-state index in [-0.39, 0.29) is 6.04 Å². The second-order valence-electron chi connectivity index (χ2n) is 5.32. The predicted octanol–water partition coefficient (Wildman–Crippen LogP) is 4.65. The molecule has 0 bridgehead atoms. The van der Waals surface area contributed by atoms with Crippen LogP contribution in [0.1, 0.15) is 44.6 Å². The van der Waals surface area contributed by atoms with Crippen LogP contribution in [0.5, 0.6) is 0 Å². The lowest BCUT2D eigenvalue weighted by atomic mass is 10.0. The maximum absolute atomic E-state index is 6.37. The van der Waals surface area contributed by atoms with Gasteiger partial charge >= 0.3 is 0 Å². The summed E-state index contributed by atoms with van der Waals surface area (Å²) in [6, 6.07) is 6.61. The van der Waals surface area contributed by atoms with Crippen LogP contribution < -0.4 is 5.73 Å². The molecule has 2 rings (SSSR count). The summed E-state index contributed by atoms with van der Waals surface area (Å²) in [7, 11) is 0. The van der Waals surface area contributed by atoms with Gasteiger partial charge in [0.15, 0.2) is 0 Å². The van der Waals surface area contributed by atoms with Gasteiger partial charge in [-0.15, -0.1) is 11.8 Å². The van der Waals surface area contributed by atoms with Gasteiger partial charge in [-0.2, -0.15) is 0 Å². The highest BCUT2D eigenvalue weighted by Gasteiger charge is 2.16. The molecule has 1 atom stereocenters. The maximum Gasteiger partial charge on any atom is 0.0544 e. The first-order valence-corrected chi connectivity index (χ1v) is 8.11. The number of benzene rings is 1. The molecule has 3 heteroatoms. The fourth-order valence-electron chi connectivity index (χ4n) is 2.50. The van der Waals surface area contributed by atoms with Crippen LogP contribution in [0.3, 0.4) is 0 Å². The van der Waals surface area contributed by atoms with E-state index < -0.39 is 0 Å². The number of thioether (sulfide) groups is 1. The molecular weight excluding hydrogens is 262 g/mol. The topological polar surface area (TPSA) is 26.0 Å². The van der Waals surface area contributed by atoms with E-state index >= 15 is 0 Å². The third kappa shape index (κ3) is 4.18. The van der Waals surface area contributed by atoms with Gasteiger partial charge < -0.3 is 5.73 Å². The minimum atomic E-state index is 0.193. The van der Waals surface area contributed by atoms with E-state index in [1.165, 1.54) is 42.6 Å². The van der Waals surface area contributed by atoms with E-state index in [0.717, 1.165) is 16.7 Å². The minimum Gasteiger partial charge on any atom is -0.328 e. The van der Waals surface area contributed by atoms with Crippen LogP contribution in [0, 0.1) is 0 Å². The summed E-state index contributed by atoms with van der Waals surface area (Å²) >= 11 is 8.33. The summed E-state index contributed by atoms with van der Waals surface area (Å²) < 4.78 is 0. The van der Waals surface area contributed by atoms with Gasteiger partial charge in [0.05, 0.1) is 5.02 Å². The first-order chi connectivity index (χ1) is 8.65. The molecule has 2 N–H and O–H groups in total. The Morgan fingerprint density at radius 2 is 2.06 bits per heavy atom. The quantitative estimate of drug-likeness (QED) is 0.870. The first kappa shape index (κ1) is 14.2. The molecule has 0 amide bonds. The Hall–Kier alpha value is -0.180. The van der Waals surface area contributed by atoms with Gasteiger partial charge in [0, 0.05) is 16.2 Å². The molecule has 1 aliphatic carbocycles. The molecule has 100 valence electrons. The molecular formula is C15H22ClNS. The molecule has 1 aliphatic rings. The van der Waals surface area contributed by atoms with Crippen molar-refractivity contribution >= 4 is 23.4 Å². The van der Waals surface area contributed by atoms with Crippen molar-refractivity contribution < 1.29 is 0 Å². The van der Waals surface area contributed by atoms with Crippen LogP contribution in [0.2, 0.25) is 5.02 Å². The number of hydrogen-bond donors (Lipinski definition) is 1. The second-order valence-corrected chi connectivity index (χ2v) is 7.07. The van der Waals surface area contributed by atoms with Crippen LogP contribution in [0.4, 0.5) is 0 Å². The number of nitrogens with two attached hydrogens (primary N) is 1. The largest absolute Gasteiger partial charge is 0.328 e. The lowest BCUT2D eigenvalue weighted by Gasteiger charge is -2.21. The lowest BCUT2D eigenvalue weighted by Crippen LogP contribution is -2.17. The third-order valence-electron chi connectivity index (χ3n) is 3.40. The van der Waals surface area contributed by atoms with Crippen molar-refractivity contribution in [1.29, 1.82) is 0 Å². The molecule has 1 aromatic carbocycles. The van der Waals surface area contributed by atoms with Crippen molar-refractivity contribution in [2.75, 3.05) is 0 Å². The van der Waals surface area contributed by atoms with Gasteiger partial charge in [-0.1, -0.05) is 36.9 Å². The Morgan fingerprint density at radius 3 is 2.67 bits per heavy atom. The van der Waals surface area contributed by atoms with Gasteiger partial charge in [-0.3, -0.25) is 0 Å². The highest BCUT2D eigenvalue weighted by atomic mass is 35.5.